The number of nitrogens with zero attached hydrogens (tertiary/aromatic N) is 1. The zero-order chi connectivity index (χ0) is 22.1. The monoisotopic (exact) mass is 469 g/mol. The number of cyclic esters (lactones) is 1. The van der Waals surface area contributed by atoms with E-state index in [1.54, 1.807) is 50.4 Å². The third-order valence-corrected chi connectivity index (χ3v) is 5.45. The third kappa shape index (κ3) is 4.50. The number of carbonyl (C=O) groups excluding carboxylic acids is 2. The van der Waals surface area contributed by atoms with Crippen LogP contribution in [0.5, 0.6) is 5.75 Å². The summed E-state index contributed by atoms with van der Waals surface area (Å²) in [6, 6.07) is 8.40. The molecule has 0 saturated carbocycles. The van der Waals surface area contributed by atoms with Crippen molar-refractivity contribution >= 4 is 65.6 Å². The van der Waals surface area contributed by atoms with Crippen LogP contribution < -0.4 is 10.1 Å². The lowest BCUT2D eigenvalue weighted by atomic mass is 9.94. The van der Waals surface area contributed by atoms with Crippen molar-refractivity contribution in [1.82, 2.24) is 0 Å². The normalized spacial score (nSPS) is 15.0. The summed E-state index contributed by atoms with van der Waals surface area (Å²) in [5.74, 6) is 0.277. The Morgan fingerprint density at radius 1 is 1.30 bits per heavy atom. The zero-order valence-electron chi connectivity index (χ0n) is 16.4. The Labute approximate surface area is 189 Å². The molecule has 0 aromatic heterocycles. The minimum absolute atomic E-state index is 0.0879. The number of anilines is 1. The van der Waals surface area contributed by atoms with Crippen LogP contribution in [-0.4, -0.2) is 29.4 Å². The molecule has 0 spiro atoms. The summed E-state index contributed by atoms with van der Waals surface area (Å²) in [4.78, 5) is 23.7. The average molecular weight is 470 g/mol. The molecule has 1 aliphatic rings. The Balaban J connectivity index is 1.84. The fraction of sp³-hybridized carbons (Fsp3) is 0.250. The van der Waals surface area contributed by atoms with E-state index in [-0.39, 0.29) is 28.0 Å². The molecular weight excluding hydrogens is 451 g/mol. The summed E-state index contributed by atoms with van der Waals surface area (Å²) < 4.78 is 17.4. The Morgan fingerprint density at radius 3 is 2.70 bits per heavy atom. The van der Waals surface area contributed by atoms with Crippen molar-refractivity contribution in [2.75, 3.05) is 11.9 Å². The van der Waals surface area contributed by atoms with Crippen LogP contribution >= 0.6 is 36.1 Å². The summed E-state index contributed by atoms with van der Waals surface area (Å²) >= 11 is 16.1. The van der Waals surface area contributed by atoms with E-state index >= 15 is 0 Å². The van der Waals surface area contributed by atoms with Gasteiger partial charge in [-0.05, 0) is 45.0 Å². The van der Waals surface area contributed by atoms with E-state index in [1.807, 2.05) is 0 Å². The minimum Gasteiger partial charge on any atom is -0.483 e. The van der Waals surface area contributed by atoms with Gasteiger partial charge in [0.25, 0.3) is 5.69 Å². The van der Waals surface area contributed by atoms with Gasteiger partial charge >= 0.3 is 6.09 Å². The molecule has 3 rings (SSSR count). The first kappa shape index (κ1) is 22.3. The number of halogens is 2. The maximum absolute atomic E-state index is 12.0. The van der Waals surface area contributed by atoms with Crippen molar-refractivity contribution in [2.24, 2.45) is 0 Å². The van der Waals surface area contributed by atoms with Crippen LogP contribution in [0, 0.1) is 0 Å². The molecule has 0 fully saturated rings. The van der Waals surface area contributed by atoms with Gasteiger partial charge < -0.3 is 9.47 Å². The van der Waals surface area contributed by atoms with Gasteiger partial charge in [-0.2, -0.15) is 4.28 Å². The van der Waals surface area contributed by atoms with Crippen molar-refractivity contribution in [3.8, 4) is 5.75 Å². The largest absolute Gasteiger partial charge is 0.483 e. The molecule has 0 unspecified atom stereocenters. The van der Waals surface area contributed by atoms with Crippen LogP contribution in [0.4, 0.5) is 16.2 Å². The zero-order valence-corrected chi connectivity index (χ0v) is 18.8. The number of Topliss-reactive ketones (excluding diaryl/α,β-unsaturated/α-hetero) is 1. The van der Waals surface area contributed by atoms with Crippen LogP contribution in [0.3, 0.4) is 0 Å². The summed E-state index contributed by atoms with van der Waals surface area (Å²) in [7, 11) is 0. The molecule has 1 amide bonds. The predicted octanol–water partition coefficient (Wildman–Crippen LogP) is 5.56. The second kappa shape index (κ2) is 8.75. The number of benzene rings is 2. The average Bonchev–Trinajstić information content (AvgIpc) is 2.67. The first-order valence-corrected chi connectivity index (χ1v) is 9.96. The highest BCUT2D eigenvalue weighted by atomic mass is 35.5. The molecule has 0 atom stereocenters. The van der Waals surface area contributed by atoms with Gasteiger partial charge in [-0.1, -0.05) is 23.2 Å². The molecule has 1 heterocycles. The summed E-state index contributed by atoms with van der Waals surface area (Å²) in [5.41, 5.74) is 1.23. The number of ketones is 1. The third-order valence-electron chi connectivity index (χ3n) is 4.46. The lowest BCUT2D eigenvalue weighted by molar-refractivity contribution is -0.672. The van der Waals surface area contributed by atoms with E-state index in [1.165, 1.54) is 11.7 Å². The van der Waals surface area contributed by atoms with Gasteiger partial charge in [0.2, 0.25) is 6.21 Å². The standard InChI is InChI=1S/C20H18Cl2N2O5S/c1-11(25)17-16(7-5-14(21)18(17)22)24(29-30)8-9-27-12-4-6-15-13(10-12)20(2,3)28-19(26)23-15/h4-8,10H,9H2,1-3H3,(H-,23,26,30)/p+1. The van der Waals surface area contributed by atoms with E-state index in [9.17, 15) is 9.59 Å². The number of fused-ring (bicyclic) bond motifs is 1. The molecule has 2 aromatic carbocycles. The minimum atomic E-state index is -0.794. The molecule has 1 aliphatic heterocycles. The number of hydrogen-bond acceptors (Lipinski definition) is 6. The topological polar surface area (TPSA) is 76.9 Å². The summed E-state index contributed by atoms with van der Waals surface area (Å²) in [6.07, 6.45) is 1.04. The highest BCUT2D eigenvalue weighted by Gasteiger charge is 2.33. The smallest absolute Gasteiger partial charge is 0.412 e. The fourth-order valence-electron chi connectivity index (χ4n) is 3.08. The lowest BCUT2D eigenvalue weighted by Gasteiger charge is -2.32. The molecule has 0 bridgehead atoms. The van der Waals surface area contributed by atoms with Gasteiger partial charge in [0, 0.05) is 16.4 Å². The quantitative estimate of drug-likeness (QED) is 0.144. The Bertz CT molecular complexity index is 1060. The molecule has 158 valence electrons. The second-order valence-electron chi connectivity index (χ2n) is 6.94. The van der Waals surface area contributed by atoms with Crippen molar-refractivity contribution in [1.29, 1.82) is 0 Å². The van der Waals surface area contributed by atoms with Crippen LogP contribution in [-0.2, 0) is 14.6 Å². The van der Waals surface area contributed by atoms with Crippen LogP contribution in [0.2, 0.25) is 10.0 Å². The molecule has 30 heavy (non-hydrogen) atoms. The Morgan fingerprint density at radius 2 is 2.03 bits per heavy atom. The molecule has 10 heteroatoms. The first-order chi connectivity index (χ1) is 14.1. The number of carbonyl (C=O) groups is 2. The van der Waals surface area contributed by atoms with Gasteiger partial charge in [-0.3, -0.25) is 10.1 Å². The van der Waals surface area contributed by atoms with Gasteiger partial charge in [-0.15, -0.1) is 0 Å². The predicted molar refractivity (Wildman–Crippen MR) is 118 cm³/mol. The van der Waals surface area contributed by atoms with E-state index in [4.69, 9.17) is 37.0 Å². The molecule has 7 nitrogen and oxygen atoms in total. The van der Waals surface area contributed by atoms with Gasteiger partial charge in [0.15, 0.2) is 12.4 Å². The van der Waals surface area contributed by atoms with Crippen molar-refractivity contribution in [3.05, 3.63) is 51.5 Å². The van der Waals surface area contributed by atoms with Crippen LogP contribution in [0.25, 0.3) is 0 Å². The van der Waals surface area contributed by atoms with E-state index in [0.29, 0.717) is 17.1 Å². The second-order valence-corrected chi connectivity index (χ2v) is 7.89. The number of rotatable bonds is 6. The van der Waals surface area contributed by atoms with Gasteiger partial charge in [-0.25, -0.2) is 4.79 Å². The van der Waals surface area contributed by atoms with Crippen LogP contribution in [0.15, 0.2) is 30.3 Å². The molecule has 1 N–H and O–H groups in total. The summed E-state index contributed by atoms with van der Waals surface area (Å²) in [5, 5.41) is 3.04. The van der Waals surface area contributed by atoms with E-state index in [0.717, 1.165) is 5.56 Å². The SMILES string of the molecule is CC(=O)c1c([N+](=CCOc2ccc3c(c2)C(C)(C)OC(=O)N3)OS)ccc(Cl)c1Cl. The summed E-state index contributed by atoms with van der Waals surface area (Å²) in [6.45, 7) is 5.06. The Hall–Kier alpha value is -2.42. The number of amides is 1. The van der Waals surface area contributed by atoms with E-state index < -0.39 is 11.7 Å². The van der Waals surface area contributed by atoms with E-state index in [2.05, 4.69) is 18.2 Å². The molecule has 0 saturated heterocycles. The lowest BCUT2D eigenvalue weighted by Crippen LogP contribution is -2.34. The Kier molecular flexibility index (Phi) is 6.50. The van der Waals surface area contributed by atoms with Crippen molar-refractivity contribution < 1.29 is 28.1 Å². The maximum atomic E-state index is 12.0. The van der Waals surface area contributed by atoms with Gasteiger partial charge in [0.05, 0.1) is 15.7 Å². The van der Waals surface area contributed by atoms with Crippen LogP contribution in [0.1, 0.15) is 36.7 Å². The molecule has 0 radical (unpaired) electrons. The highest BCUT2D eigenvalue weighted by molar-refractivity contribution is 7.74. The highest BCUT2D eigenvalue weighted by Crippen LogP contribution is 2.37. The molecule has 0 aliphatic carbocycles. The molecular formula is C20H19Cl2N2O5S+. The number of ether oxygens (including phenoxy) is 2. The van der Waals surface area contributed by atoms with Crippen molar-refractivity contribution in [2.45, 2.75) is 26.4 Å². The van der Waals surface area contributed by atoms with Crippen molar-refractivity contribution in [3.63, 3.8) is 0 Å². The first-order valence-electron chi connectivity index (χ1n) is 8.84. The van der Waals surface area contributed by atoms with Gasteiger partial charge in [0.1, 0.15) is 29.8 Å². The maximum Gasteiger partial charge on any atom is 0.412 e. The number of thiol groups is 1. The number of nitrogens with one attached hydrogen (secondary N) is 1. The number of hydrogen-bond donors (Lipinski definition) is 2. The molecule has 2 aromatic rings. The fourth-order valence-corrected chi connectivity index (χ4v) is 3.68.